The number of nitrogens with zero attached hydrogens (tertiary/aromatic N) is 1. The maximum Gasteiger partial charge on any atom is 0.0734 e. The van der Waals surface area contributed by atoms with E-state index in [0.717, 1.165) is 12.1 Å². The van der Waals surface area contributed by atoms with Crippen LogP contribution >= 0.6 is 22.9 Å². The van der Waals surface area contributed by atoms with Crippen LogP contribution in [0.1, 0.15) is 21.5 Å². The second-order valence-corrected chi connectivity index (χ2v) is 6.27. The van der Waals surface area contributed by atoms with Crippen LogP contribution in [0.5, 0.6) is 0 Å². The summed E-state index contributed by atoms with van der Waals surface area (Å²) in [4.78, 5) is 5.63. The van der Waals surface area contributed by atoms with Crippen LogP contribution in [0.15, 0.2) is 48.7 Å². The van der Waals surface area contributed by atoms with Gasteiger partial charge in [0.05, 0.1) is 5.38 Å². The van der Waals surface area contributed by atoms with Gasteiger partial charge in [-0.1, -0.05) is 24.3 Å². The molecule has 0 radical (unpaired) electrons. The fraction of sp³-hybridized carbons (Fsp3) is 0.188. The number of pyridine rings is 1. The third-order valence-corrected chi connectivity index (χ3v) is 4.99. The minimum Gasteiger partial charge on any atom is -0.261 e. The normalized spacial score (nSPS) is 12.7. The molecule has 3 aromatic rings. The second-order valence-electron chi connectivity index (χ2n) is 4.63. The molecule has 1 atom stereocenters. The van der Waals surface area contributed by atoms with E-state index in [1.807, 2.05) is 12.3 Å². The summed E-state index contributed by atoms with van der Waals surface area (Å²) in [5.74, 6) is 0. The van der Waals surface area contributed by atoms with Crippen LogP contribution in [0.25, 0.3) is 10.1 Å². The van der Waals surface area contributed by atoms with Crippen molar-refractivity contribution in [1.29, 1.82) is 0 Å². The summed E-state index contributed by atoms with van der Waals surface area (Å²) < 4.78 is 1.29. The Hall–Kier alpha value is -1.38. The van der Waals surface area contributed by atoms with E-state index in [4.69, 9.17) is 11.6 Å². The summed E-state index contributed by atoms with van der Waals surface area (Å²) in [5.41, 5.74) is 2.29. The average molecular weight is 288 g/mol. The monoisotopic (exact) mass is 287 g/mol. The summed E-state index contributed by atoms with van der Waals surface area (Å²) in [7, 11) is 0. The molecule has 0 aliphatic heterocycles. The number of hydrogen-bond donors (Lipinski definition) is 0. The first kappa shape index (κ1) is 12.6. The minimum absolute atomic E-state index is 0.00833. The van der Waals surface area contributed by atoms with Gasteiger partial charge in [0.25, 0.3) is 0 Å². The number of aryl methyl sites for hydroxylation is 1. The molecule has 2 aromatic heterocycles. The third kappa shape index (κ3) is 2.65. The van der Waals surface area contributed by atoms with Crippen LogP contribution in [-0.2, 0) is 6.42 Å². The predicted octanol–water partition coefficient (Wildman–Crippen LogP) is 5.13. The summed E-state index contributed by atoms with van der Waals surface area (Å²) in [5, 5.41) is 1.26. The zero-order chi connectivity index (χ0) is 13.2. The summed E-state index contributed by atoms with van der Waals surface area (Å²) >= 11 is 8.33. The first-order chi connectivity index (χ1) is 9.24. The molecule has 3 rings (SSSR count). The lowest BCUT2D eigenvalue weighted by Crippen LogP contribution is -1.98. The Kier molecular flexibility index (Phi) is 3.54. The largest absolute Gasteiger partial charge is 0.261 e. The molecule has 0 aliphatic carbocycles. The van der Waals surface area contributed by atoms with E-state index < -0.39 is 0 Å². The Morgan fingerprint density at radius 1 is 1.21 bits per heavy atom. The van der Waals surface area contributed by atoms with E-state index in [9.17, 15) is 0 Å². The van der Waals surface area contributed by atoms with Gasteiger partial charge in [-0.25, -0.2) is 0 Å². The van der Waals surface area contributed by atoms with Crippen molar-refractivity contribution in [2.75, 3.05) is 0 Å². The van der Waals surface area contributed by atoms with Crippen LogP contribution in [0.3, 0.4) is 0 Å². The van der Waals surface area contributed by atoms with Crippen LogP contribution in [0.4, 0.5) is 0 Å². The topological polar surface area (TPSA) is 12.9 Å². The highest BCUT2D eigenvalue weighted by atomic mass is 35.5. The smallest absolute Gasteiger partial charge is 0.0734 e. The Bertz CT molecular complexity index is 672. The van der Waals surface area contributed by atoms with Crippen molar-refractivity contribution in [3.63, 3.8) is 0 Å². The fourth-order valence-corrected chi connectivity index (χ4v) is 3.54. The predicted molar refractivity (Wildman–Crippen MR) is 83.1 cm³/mol. The van der Waals surface area contributed by atoms with Gasteiger partial charge in [0.2, 0.25) is 0 Å². The number of alkyl halides is 1. The van der Waals surface area contributed by atoms with E-state index >= 15 is 0 Å². The molecule has 0 saturated heterocycles. The number of halogens is 1. The molecule has 0 saturated carbocycles. The zero-order valence-corrected chi connectivity index (χ0v) is 12.2. The van der Waals surface area contributed by atoms with E-state index in [1.165, 1.54) is 20.5 Å². The second kappa shape index (κ2) is 5.32. The van der Waals surface area contributed by atoms with Crippen molar-refractivity contribution < 1.29 is 0 Å². The zero-order valence-electron chi connectivity index (χ0n) is 10.6. The van der Waals surface area contributed by atoms with Gasteiger partial charge in [-0.15, -0.1) is 22.9 Å². The molecule has 0 spiro atoms. The highest BCUT2D eigenvalue weighted by molar-refractivity contribution is 7.19. The van der Waals surface area contributed by atoms with Crippen molar-refractivity contribution in [2.24, 2.45) is 0 Å². The summed E-state index contributed by atoms with van der Waals surface area (Å²) in [6, 6.07) is 14.6. The Labute approximate surface area is 121 Å². The summed E-state index contributed by atoms with van der Waals surface area (Å²) in [6.45, 7) is 2.08. The van der Waals surface area contributed by atoms with Crippen molar-refractivity contribution in [2.45, 2.75) is 18.7 Å². The molecule has 3 heteroatoms. The fourth-order valence-electron chi connectivity index (χ4n) is 2.16. The quantitative estimate of drug-likeness (QED) is 0.609. The molecule has 2 heterocycles. The van der Waals surface area contributed by atoms with Crippen LogP contribution in [0, 0.1) is 6.92 Å². The van der Waals surface area contributed by atoms with Crippen molar-refractivity contribution in [1.82, 2.24) is 4.98 Å². The van der Waals surface area contributed by atoms with E-state index in [1.54, 1.807) is 11.3 Å². The first-order valence-electron chi connectivity index (χ1n) is 6.27. The van der Waals surface area contributed by atoms with E-state index in [2.05, 4.69) is 48.3 Å². The first-order valence-corrected chi connectivity index (χ1v) is 7.52. The number of fused-ring (bicyclic) bond motifs is 1. The molecule has 0 bridgehead atoms. The molecule has 1 unspecified atom stereocenters. The number of hydrogen-bond acceptors (Lipinski definition) is 2. The maximum atomic E-state index is 6.55. The molecule has 0 fully saturated rings. The lowest BCUT2D eigenvalue weighted by atomic mass is 10.1. The Balaban J connectivity index is 1.87. The molecule has 0 amide bonds. The van der Waals surface area contributed by atoms with Crippen molar-refractivity contribution in [3.05, 3.63) is 64.8 Å². The van der Waals surface area contributed by atoms with Gasteiger partial charge < -0.3 is 0 Å². The number of thiophene rings is 1. The maximum absolute atomic E-state index is 6.55. The SMILES string of the molecule is Cc1cccnc1CC(Cl)c1cc2ccccc2s1. The lowest BCUT2D eigenvalue weighted by Gasteiger charge is -2.08. The molecule has 1 aromatic carbocycles. The van der Waals surface area contributed by atoms with Gasteiger partial charge in [0.1, 0.15) is 0 Å². The Morgan fingerprint density at radius 3 is 2.84 bits per heavy atom. The van der Waals surface area contributed by atoms with Crippen LogP contribution < -0.4 is 0 Å². The molecule has 96 valence electrons. The molecule has 19 heavy (non-hydrogen) atoms. The molecular weight excluding hydrogens is 274 g/mol. The van der Waals surface area contributed by atoms with E-state index in [-0.39, 0.29) is 5.38 Å². The van der Waals surface area contributed by atoms with E-state index in [0.29, 0.717) is 0 Å². The third-order valence-electron chi connectivity index (χ3n) is 3.24. The van der Waals surface area contributed by atoms with Crippen molar-refractivity contribution in [3.8, 4) is 0 Å². The van der Waals surface area contributed by atoms with Crippen LogP contribution in [-0.4, -0.2) is 4.98 Å². The van der Waals surface area contributed by atoms with Gasteiger partial charge >= 0.3 is 0 Å². The number of benzene rings is 1. The van der Waals surface area contributed by atoms with Gasteiger partial charge in [-0.3, -0.25) is 4.98 Å². The lowest BCUT2D eigenvalue weighted by molar-refractivity contribution is 0.884. The standard InChI is InChI=1S/C16H14ClNS/c1-11-5-4-8-18-14(11)10-13(17)16-9-12-6-2-3-7-15(12)19-16/h2-9,13H,10H2,1H3. The molecule has 0 N–H and O–H groups in total. The van der Waals surface area contributed by atoms with Crippen LogP contribution in [0.2, 0.25) is 0 Å². The average Bonchev–Trinajstić information content (AvgIpc) is 2.85. The van der Waals surface area contributed by atoms with Gasteiger partial charge in [-0.2, -0.15) is 0 Å². The molecule has 0 aliphatic rings. The highest BCUT2D eigenvalue weighted by Crippen LogP contribution is 2.34. The minimum atomic E-state index is -0.00833. The van der Waals surface area contributed by atoms with Crippen molar-refractivity contribution >= 4 is 33.0 Å². The molecular formula is C16H14ClNS. The number of aromatic nitrogens is 1. The van der Waals surface area contributed by atoms with Gasteiger partial charge in [-0.05, 0) is 36.1 Å². The summed E-state index contributed by atoms with van der Waals surface area (Å²) in [6.07, 6.45) is 2.61. The Morgan fingerprint density at radius 2 is 2.05 bits per heavy atom. The highest BCUT2D eigenvalue weighted by Gasteiger charge is 2.14. The molecule has 1 nitrogen and oxygen atoms in total. The van der Waals surface area contributed by atoms with Gasteiger partial charge in [0.15, 0.2) is 0 Å². The van der Waals surface area contributed by atoms with Gasteiger partial charge in [0, 0.05) is 27.9 Å². The number of rotatable bonds is 3.